The summed E-state index contributed by atoms with van der Waals surface area (Å²) in [5, 5.41) is 0. The van der Waals surface area contributed by atoms with Crippen LogP contribution in [0.1, 0.15) is 17.5 Å². The normalized spacial score (nSPS) is 17.6. The van der Waals surface area contributed by atoms with Crippen molar-refractivity contribution < 1.29 is 18.7 Å². The first kappa shape index (κ1) is 12.5. The molecule has 1 aromatic heterocycles. The van der Waals surface area contributed by atoms with Gasteiger partial charge in [-0.1, -0.05) is 6.07 Å². The Labute approximate surface area is 115 Å². The molecule has 1 aliphatic rings. The summed E-state index contributed by atoms with van der Waals surface area (Å²) < 4.78 is 11.1. The second kappa shape index (κ2) is 4.52. The van der Waals surface area contributed by atoms with Crippen molar-refractivity contribution in [3.05, 3.63) is 36.1 Å². The fourth-order valence-corrected chi connectivity index (χ4v) is 2.29. The Balaban J connectivity index is 2.15. The average Bonchev–Trinajstić information content (AvgIpc) is 2.93. The first-order valence-corrected chi connectivity index (χ1v) is 6.24. The van der Waals surface area contributed by atoms with Crippen LogP contribution >= 0.6 is 0 Å². The molecule has 0 bridgehead atoms. The van der Waals surface area contributed by atoms with Crippen molar-refractivity contribution in [1.29, 1.82) is 0 Å². The van der Waals surface area contributed by atoms with E-state index in [9.17, 15) is 9.59 Å². The Hall–Kier alpha value is -2.56. The third kappa shape index (κ3) is 1.79. The second-order valence-corrected chi connectivity index (χ2v) is 4.63. The number of anilines is 1. The molecule has 1 unspecified atom stereocenters. The minimum atomic E-state index is -0.547. The zero-order valence-electron chi connectivity index (χ0n) is 11.1. The topological polar surface area (TPSA) is 59.8 Å². The highest BCUT2D eigenvalue weighted by atomic mass is 16.5. The molecular formula is C15H13NO4. The summed E-state index contributed by atoms with van der Waals surface area (Å²) in [5.74, 6) is 1.29. The summed E-state index contributed by atoms with van der Waals surface area (Å²) in [6, 6.07) is 8.78. The Kier molecular flexibility index (Phi) is 2.82. The lowest BCUT2D eigenvalue weighted by atomic mass is 10.1. The van der Waals surface area contributed by atoms with Gasteiger partial charge in [0.25, 0.3) is 5.91 Å². The van der Waals surface area contributed by atoms with Gasteiger partial charge in [-0.25, -0.2) is 0 Å². The number of rotatable bonds is 2. The van der Waals surface area contributed by atoms with Crippen LogP contribution < -0.4 is 9.64 Å². The number of hydrogen-bond donors (Lipinski definition) is 0. The van der Waals surface area contributed by atoms with Crippen molar-refractivity contribution in [2.24, 2.45) is 0 Å². The van der Waals surface area contributed by atoms with E-state index >= 15 is 0 Å². The van der Waals surface area contributed by atoms with Crippen LogP contribution in [0, 0.1) is 0 Å². The summed E-state index contributed by atoms with van der Waals surface area (Å²) in [6.07, 6.45) is 0.104. The molecule has 0 aliphatic carbocycles. The summed E-state index contributed by atoms with van der Waals surface area (Å²) in [7, 11) is 1.71. The fourth-order valence-electron chi connectivity index (χ4n) is 2.29. The first-order chi connectivity index (χ1) is 9.61. The Bertz CT molecular complexity index is 689. The van der Waals surface area contributed by atoms with Crippen molar-refractivity contribution >= 4 is 17.9 Å². The van der Waals surface area contributed by atoms with Crippen molar-refractivity contribution in [1.82, 2.24) is 0 Å². The average molecular weight is 271 g/mol. The van der Waals surface area contributed by atoms with Gasteiger partial charge in [-0.05, 0) is 31.2 Å². The van der Waals surface area contributed by atoms with E-state index in [1.165, 1.54) is 0 Å². The Morgan fingerprint density at radius 1 is 1.25 bits per heavy atom. The second-order valence-electron chi connectivity index (χ2n) is 4.63. The van der Waals surface area contributed by atoms with Crippen LogP contribution in [-0.2, 0) is 4.79 Å². The number of aldehydes is 1. The van der Waals surface area contributed by atoms with Gasteiger partial charge in [-0.15, -0.1) is 0 Å². The highest BCUT2D eigenvalue weighted by Gasteiger charge is 2.31. The maximum atomic E-state index is 11.9. The molecule has 3 rings (SSSR count). The molecule has 0 fully saturated rings. The Morgan fingerprint density at radius 3 is 2.75 bits per heavy atom. The molecule has 20 heavy (non-hydrogen) atoms. The van der Waals surface area contributed by atoms with Gasteiger partial charge in [-0.2, -0.15) is 0 Å². The minimum Gasteiger partial charge on any atom is -0.478 e. The van der Waals surface area contributed by atoms with Gasteiger partial charge in [0.1, 0.15) is 5.76 Å². The lowest BCUT2D eigenvalue weighted by Gasteiger charge is -2.31. The molecule has 2 aromatic rings. The molecule has 0 spiro atoms. The van der Waals surface area contributed by atoms with Crippen LogP contribution in [0.2, 0.25) is 0 Å². The van der Waals surface area contributed by atoms with Crippen molar-refractivity contribution in [3.8, 4) is 17.1 Å². The third-order valence-electron chi connectivity index (χ3n) is 3.34. The third-order valence-corrected chi connectivity index (χ3v) is 3.34. The van der Waals surface area contributed by atoms with E-state index in [1.54, 1.807) is 31.0 Å². The van der Waals surface area contributed by atoms with Crippen molar-refractivity contribution in [2.45, 2.75) is 13.0 Å². The number of carbonyl (C=O) groups excluding carboxylic acids is 2. The van der Waals surface area contributed by atoms with Crippen molar-refractivity contribution in [2.75, 3.05) is 11.9 Å². The van der Waals surface area contributed by atoms with E-state index in [-0.39, 0.29) is 11.7 Å². The van der Waals surface area contributed by atoms with E-state index in [0.29, 0.717) is 23.5 Å². The molecule has 0 radical (unpaired) electrons. The summed E-state index contributed by atoms with van der Waals surface area (Å²) in [6.45, 7) is 1.71. The molecule has 1 aliphatic heterocycles. The van der Waals surface area contributed by atoms with Gasteiger partial charge < -0.3 is 14.1 Å². The maximum absolute atomic E-state index is 11.9. The highest BCUT2D eigenvalue weighted by molar-refractivity contribution is 6.01. The number of likely N-dealkylation sites (N-methyl/N-ethyl adjacent to an activating group) is 1. The van der Waals surface area contributed by atoms with Gasteiger partial charge >= 0.3 is 0 Å². The zero-order chi connectivity index (χ0) is 14.3. The quantitative estimate of drug-likeness (QED) is 0.787. The van der Waals surface area contributed by atoms with E-state index in [4.69, 9.17) is 9.15 Å². The molecule has 0 N–H and O–H groups in total. The molecule has 1 amide bonds. The SMILES string of the molecule is CC1Oc2c(-c3ccc(C=O)o3)cccc2N(C)C1=O. The van der Waals surface area contributed by atoms with Crippen LogP contribution in [0.5, 0.6) is 5.75 Å². The minimum absolute atomic E-state index is 0.0947. The van der Waals surface area contributed by atoms with Crippen LogP contribution in [0.25, 0.3) is 11.3 Å². The van der Waals surface area contributed by atoms with Crippen LogP contribution in [0.3, 0.4) is 0 Å². The molecule has 1 atom stereocenters. The molecule has 102 valence electrons. The highest BCUT2D eigenvalue weighted by Crippen LogP contribution is 2.41. The predicted molar refractivity (Wildman–Crippen MR) is 73.0 cm³/mol. The molecular weight excluding hydrogens is 258 g/mol. The van der Waals surface area contributed by atoms with E-state index < -0.39 is 6.10 Å². The number of hydrogen-bond acceptors (Lipinski definition) is 4. The summed E-state index contributed by atoms with van der Waals surface area (Å²) in [4.78, 5) is 24.2. The number of carbonyl (C=O) groups is 2. The van der Waals surface area contributed by atoms with Gasteiger partial charge in [0, 0.05) is 7.05 Å². The number of nitrogens with zero attached hydrogens (tertiary/aromatic N) is 1. The van der Waals surface area contributed by atoms with Crippen LogP contribution in [0.4, 0.5) is 5.69 Å². The smallest absolute Gasteiger partial charge is 0.267 e. The number of benzene rings is 1. The Morgan fingerprint density at radius 2 is 2.05 bits per heavy atom. The molecule has 1 aromatic carbocycles. The monoisotopic (exact) mass is 271 g/mol. The van der Waals surface area contributed by atoms with Crippen LogP contribution in [-0.4, -0.2) is 25.3 Å². The summed E-state index contributed by atoms with van der Waals surface area (Å²) in [5.41, 5.74) is 1.41. The van der Waals surface area contributed by atoms with Gasteiger partial charge in [0.2, 0.25) is 0 Å². The van der Waals surface area contributed by atoms with Crippen molar-refractivity contribution in [3.63, 3.8) is 0 Å². The lowest BCUT2D eigenvalue weighted by Crippen LogP contribution is -2.42. The van der Waals surface area contributed by atoms with Gasteiger partial charge in [0.05, 0.1) is 11.3 Å². The number of ether oxygens (including phenoxy) is 1. The molecule has 2 heterocycles. The summed E-state index contributed by atoms with van der Waals surface area (Å²) >= 11 is 0. The largest absolute Gasteiger partial charge is 0.478 e. The number of para-hydroxylation sites is 1. The number of amides is 1. The van der Waals surface area contributed by atoms with E-state index in [0.717, 1.165) is 5.56 Å². The number of furan rings is 1. The van der Waals surface area contributed by atoms with Gasteiger partial charge in [0.15, 0.2) is 23.9 Å². The molecule has 5 heteroatoms. The first-order valence-electron chi connectivity index (χ1n) is 6.24. The molecule has 0 saturated carbocycles. The fraction of sp³-hybridized carbons (Fsp3) is 0.200. The molecule has 0 saturated heterocycles. The van der Waals surface area contributed by atoms with Crippen LogP contribution in [0.15, 0.2) is 34.7 Å². The number of fused-ring (bicyclic) bond motifs is 1. The standard InChI is InChI=1S/C15H13NO4/c1-9-15(18)16(2)12-5-3-4-11(14(12)19-9)13-7-6-10(8-17)20-13/h3-9H,1-2H3. The maximum Gasteiger partial charge on any atom is 0.267 e. The van der Waals surface area contributed by atoms with E-state index in [1.807, 2.05) is 18.2 Å². The zero-order valence-corrected chi connectivity index (χ0v) is 11.1. The predicted octanol–water partition coefficient (Wildman–Crippen LogP) is 2.50. The van der Waals surface area contributed by atoms with E-state index in [2.05, 4.69) is 0 Å². The lowest BCUT2D eigenvalue weighted by molar-refractivity contribution is -0.125. The van der Waals surface area contributed by atoms with Gasteiger partial charge in [-0.3, -0.25) is 9.59 Å². The molecule has 5 nitrogen and oxygen atoms in total.